The highest BCUT2D eigenvalue weighted by Gasteiger charge is 2.21. The summed E-state index contributed by atoms with van der Waals surface area (Å²) in [6, 6.07) is 3.63. The fourth-order valence-corrected chi connectivity index (χ4v) is 2.23. The molecule has 0 amide bonds. The van der Waals surface area contributed by atoms with Crippen LogP contribution in [0.15, 0.2) is 16.5 Å². The van der Waals surface area contributed by atoms with Crippen molar-refractivity contribution in [3.8, 4) is 10.8 Å². The number of hydrogen-bond acceptors (Lipinski definition) is 7. The van der Waals surface area contributed by atoms with Crippen molar-refractivity contribution in [3.05, 3.63) is 28.1 Å². The number of nitro groups is 1. The topological polar surface area (TPSA) is 94.1 Å². The Morgan fingerprint density at radius 1 is 1.50 bits per heavy atom. The molecule has 1 N–H and O–H groups in total. The highest BCUT2D eigenvalue weighted by molar-refractivity contribution is 7.18. The summed E-state index contributed by atoms with van der Waals surface area (Å²) in [6.07, 6.45) is 2.39. The lowest BCUT2D eigenvalue weighted by Gasteiger charge is -1.95. The van der Waals surface area contributed by atoms with Gasteiger partial charge < -0.3 is 9.73 Å². The minimum absolute atomic E-state index is 0.0702. The molecule has 0 bridgehead atoms. The molecule has 2 aromatic rings. The Morgan fingerprint density at radius 3 is 3.00 bits per heavy atom. The van der Waals surface area contributed by atoms with Crippen molar-refractivity contribution in [2.45, 2.75) is 25.4 Å². The molecule has 94 valence electrons. The second-order valence-electron chi connectivity index (χ2n) is 4.05. The zero-order valence-electron chi connectivity index (χ0n) is 9.33. The van der Waals surface area contributed by atoms with Crippen molar-refractivity contribution in [1.29, 1.82) is 0 Å². The second kappa shape index (κ2) is 4.46. The summed E-state index contributed by atoms with van der Waals surface area (Å²) < 4.78 is 5.44. The van der Waals surface area contributed by atoms with Gasteiger partial charge in [0.05, 0.1) is 16.3 Å². The molecule has 18 heavy (non-hydrogen) atoms. The highest BCUT2D eigenvalue weighted by atomic mass is 32.1. The summed E-state index contributed by atoms with van der Waals surface area (Å²) in [6.45, 7) is 0.547. The van der Waals surface area contributed by atoms with Crippen LogP contribution in [0.4, 0.5) is 5.00 Å². The zero-order valence-corrected chi connectivity index (χ0v) is 10.1. The fraction of sp³-hybridized carbons (Fsp3) is 0.400. The molecule has 0 aromatic carbocycles. The molecule has 7 nitrogen and oxygen atoms in total. The molecule has 0 aliphatic heterocycles. The number of aromatic nitrogens is 2. The van der Waals surface area contributed by atoms with Crippen LogP contribution in [0.1, 0.15) is 18.7 Å². The molecule has 0 unspecified atom stereocenters. The molecule has 8 heteroatoms. The summed E-state index contributed by atoms with van der Waals surface area (Å²) in [4.78, 5) is 10.8. The second-order valence-corrected chi connectivity index (χ2v) is 5.11. The van der Waals surface area contributed by atoms with Gasteiger partial charge in [-0.1, -0.05) is 11.3 Å². The molecule has 0 radical (unpaired) electrons. The molecular formula is C10H10N4O3S. The monoisotopic (exact) mass is 266 g/mol. The van der Waals surface area contributed by atoms with E-state index in [1.54, 1.807) is 6.07 Å². The maximum Gasteiger partial charge on any atom is 0.324 e. The Hall–Kier alpha value is -1.80. The third-order valence-corrected chi connectivity index (χ3v) is 3.59. The lowest BCUT2D eigenvalue weighted by atomic mass is 10.5. The van der Waals surface area contributed by atoms with Crippen LogP contribution in [-0.2, 0) is 6.54 Å². The molecule has 1 aliphatic carbocycles. The third kappa shape index (κ3) is 2.39. The summed E-state index contributed by atoms with van der Waals surface area (Å²) in [5.41, 5.74) is 0. The van der Waals surface area contributed by atoms with Gasteiger partial charge in [0.15, 0.2) is 0 Å². The average molecular weight is 266 g/mol. The van der Waals surface area contributed by atoms with E-state index in [0.717, 1.165) is 11.3 Å². The SMILES string of the molecule is O=[N+]([O-])c1ccc(-c2nnc(CNC3CC3)o2)s1. The van der Waals surface area contributed by atoms with Crippen LogP contribution >= 0.6 is 11.3 Å². The van der Waals surface area contributed by atoms with Gasteiger partial charge in [-0.15, -0.1) is 10.2 Å². The first kappa shape index (κ1) is 11.3. The van der Waals surface area contributed by atoms with Crippen LogP contribution in [-0.4, -0.2) is 21.2 Å². The Balaban J connectivity index is 1.72. The largest absolute Gasteiger partial charge is 0.419 e. The van der Waals surface area contributed by atoms with Crippen molar-refractivity contribution in [1.82, 2.24) is 15.5 Å². The normalized spacial score (nSPS) is 14.9. The average Bonchev–Trinajstić information content (AvgIpc) is 2.88. The Labute approximate surface area is 106 Å². The molecule has 0 spiro atoms. The zero-order chi connectivity index (χ0) is 12.5. The molecule has 1 fully saturated rings. The molecule has 3 rings (SSSR count). The van der Waals surface area contributed by atoms with Gasteiger partial charge in [0.2, 0.25) is 5.89 Å². The first-order chi connectivity index (χ1) is 8.72. The molecule has 2 aromatic heterocycles. The minimum Gasteiger partial charge on any atom is -0.419 e. The Bertz CT molecular complexity index is 575. The Morgan fingerprint density at radius 2 is 2.33 bits per heavy atom. The molecule has 0 atom stereocenters. The Kier molecular flexibility index (Phi) is 2.80. The summed E-state index contributed by atoms with van der Waals surface area (Å²) in [5.74, 6) is 0.841. The molecule has 1 saturated carbocycles. The standard InChI is InChI=1S/C10H10N4O3S/c15-14(16)9-4-3-7(18-9)10-13-12-8(17-10)5-11-6-1-2-6/h3-4,6,11H,1-2,5H2. The van der Waals surface area contributed by atoms with E-state index in [-0.39, 0.29) is 5.00 Å². The maximum absolute atomic E-state index is 10.6. The first-order valence-corrected chi connectivity index (χ1v) is 6.34. The van der Waals surface area contributed by atoms with E-state index in [1.807, 2.05) is 0 Å². The van der Waals surface area contributed by atoms with Crippen molar-refractivity contribution >= 4 is 16.3 Å². The minimum atomic E-state index is -0.430. The third-order valence-electron chi connectivity index (χ3n) is 2.57. The lowest BCUT2D eigenvalue weighted by Crippen LogP contribution is -2.15. The quantitative estimate of drug-likeness (QED) is 0.656. The van der Waals surface area contributed by atoms with Crippen LogP contribution in [0, 0.1) is 10.1 Å². The predicted molar refractivity (Wildman–Crippen MR) is 64.1 cm³/mol. The number of hydrogen-bond donors (Lipinski definition) is 1. The van der Waals surface area contributed by atoms with Crippen LogP contribution in [0.2, 0.25) is 0 Å². The van der Waals surface area contributed by atoms with Gasteiger partial charge in [-0.25, -0.2) is 0 Å². The van der Waals surface area contributed by atoms with E-state index in [2.05, 4.69) is 15.5 Å². The van der Waals surface area contributed by atoms with E-state index in [4.69, 9.17) is 4.42 Å². The summed E-state index contributed by atoms with van der Waals surface area (Å²) >= 11 is 1.03. The summed E-state index contributed by atoms with van der Waals surface area (Å²) in [7, 11) is 0. The van der Waals surface area contributed by atoms with Crippen molar-refractivity contribution in [3.63, 3.8) is 0 Å². The molecule has 2 heterocycles. The number of nitrogens with zero attached hydrogens (tertiary/aromatic N) is 3. The van der Waals surface area contributed by atoms with Crippen molar-refractivity contribution in [2.24, 2.45) is 0 Å². The van der Waals surface area contributed by atoms with Crippen molar-refractivity contribution < 1.29 is 9.34 Å². The number of rotatable bonds is 5. The van der Waals surface area contributed by atoms with Gasteiger partial charge in [0.1, 0.15) is 0 Å². The van der Waals surface area contributed by atoms with E-state index >= 15 is 0 Å². The van der Waals surface area contributed by atoms with Crippen LogP contribution in [0.3, 0.4) is 0 Å². The number of thiophene rings is 1. The van der Waals surface area contributed by atoms with E-state index < -0.39 is 4.92 Å². The van der Waals surface area contributed by atoms with Gasteiger partial charge in [-0.2, -0.15) is 0 Å². The van der Waals surface area contributed by atoms with Crippen LogP contribution in [0.5, 0.6) is 0 Å². The molecular weight excluding hydrogens is 256 g/mol. The lowest BCUT2D eigenvalue weighted by molar-refractivity contribution is -0.380. The predicted octanol–water partition coefficient (Wildman–Crippen LogP) is 1.96. The smallest absolute Gasteiger partial charge is 0.324 e. The van der Waals surface area contributed by atoms with Crippen LogP contribution < -0.4 is 5.32 Å². The van der Waals surface area contributed by atoms with E-state index in [9.17, 15) is 10.1 Å². The van der Waals surface area contributed by atoms with Gasteiger partial charge in [0.25, 0.3) is 5.89 Å². The molecule has 1 aliphatic rings. The molecule has 0 saturated heterocycles. The van der Waals surface area contributed by atoms with Crippen LogP contribution in [0.25, 0.3) is 10.8 Å². The number of nitrogens with one attached hydrogen (secondary N) is 1. The van der Waals surface area contributed by atoms with Crippen molar-refractivity contribution in [2.75, 3.05) is 0 Å². The van der Waals surface area contributed by atoms with Gasteiger partial charge in [0, 0.05) is 12.1 Å². The van der Waals surface area contributed by atoms with Gasteiger partial charge in [-0.05, 0) is 18.9 Å². The summed E-state index contributed by atoms with van der Waals surface area (Å²) in [5, 5.41) is 21.7. The van der Waals surface area contributed by atoms with E-state index in [0.29, 0.717) is 29.2 Å². The fourth-order valence-electron chi connectivity index (χ4n) is 1.48. The maximum atomic E-state index is 10.6. The van der Waals surface area contributed by atoms with E-state index in [1.165, 1.54) is 18.9 Å². The first-order valence-electron chi connectivity index (χ1n) is 5.53. The van der Waals surface area contributed by atoms with Gasteiger partial charge >= 0.3 is 5.00 Å². The van der Waals surface area contributed by atoms with Gasteiger partial charge in [-0.3, -0.25) is 10.1 Å². The highest BCUT2D eigenvalue weighted by Crippen LogP contribution is 2.31.